The molecule has 3 atom stereocenters. The summed E-state index contributed by atoms with van der Waals surface area (Å²) in [6, 6.07) is 0.330. The molecule has 0 aliphatic rings. The summed E-state index contributed by atoms with van der Waals surface area (Å²) < 4.78 is 1.76. The lowest BCUT2D eigenvalue weighted by atomic mass is 10.1. The molecular formula is C11H22N4O. The Hall–Kier alpha value is -0.910. The molecule has 0 saturated heterocycles. The van der Waals surface area contributed by atoms with E-state index in [1.54, 1.807) is 11.6 Å². The third-order valence-electron chi connectivity index (χ3n) is 2.54. The molecule has 1 heterocycles. The molecule has 0 aromatic carbocycles. The maximum atomic E-state index is 9.30. The van der Waals surface area contributed by atoms with Gasteiger partial charge in [-0.05, 0) is 20.3 Å². The number of aryl methyl sites for hydroxylation is 1. The van der Waals surface area contributed by atoms with Crippen LogP contribution in [0.25, 0.3) is 0 Å². The minimum atomic E-state index is -0.296. The standard InChI is InChI=1S/C11H22N4O/c1-8(4-9(2)16)14-11(5-12)10-6-13-15(3)7-10/h6-9,11,14,16H,4-5,12H2,1-3H3. The van der Waals surface area contributed by atoms with E-state index in [0.29, 0.717) is 6.54 Å². The number of nitrogens with two attached hydrogens (primary N) is 1. The van der Waals surface area contributed by atoms with Crippen LogP contribution in [0.5, 0.6) is 0 Å². The monoisotopic (exact) mass is 226 g/mol. The van der Waals surface area contributed by atoms with Gasteiger partial charge in [-0.2, -0.15) is 5.10 Å². The van der Waals surface area contributed by atoms with Crippen LogP contribution in [0.3, 0.4) is 0 Å². The number of nitrogens with zero attached hydrogens (tertiary/aromatic N) is 2. The van der Waals surface area contributed by atoms with Crippen molar-refractivity contribution in [2.24, 2.45) is 12.8 Å². The van der Waals surface area contributed by atoms with Crippen LogP contribution in [0.1, 0.15) is 31.9 Å². The summed E-state index contributed by atoms with van der Waals surface area (Å²) in [5.41, 5.74) is 6.82. The Kier molecular flexibility index (Phi) is 4.92. The predicted octanol–water partition coefficient (Wildman–Crippen LogP) is 0.169. The second-order valence-corrected chi connectivity index (χ2v) is 4.39. The largest absolute Gasteiger partial charge is 0.393 e. The van der Waals surface area contributed by atoms with Gasteiger partial charge >= 0.3 is 0 Å². The highest BCUT2D eigenvalue weighted by atomic mass is 16.3. The van der Waals surface area contributed by atoms with Crippen molar-refractivity contribution in [3.8, 4) is 0 Å². The fraction of sp³-hybridized carbons (Fsp3) is 0.727. The average Bonchev–Trinajstić information content (AvgIpc) is 2.60. The Morgan fingerprint density at radius 1 is 1.56 bits per heavy atom. The molecule has 92 valence electrons. The normalized spacial score (nSPS) is 17.1. The molecule has 1 aromatic rings. The molecule has 0 spiro atoms. The van der Waals surface area contributed by atoms with Crippen molar-refractivity contribution in [2.75, 3.05) is 6.54 Å². The lowest BCUT2D eigenvalue weighted by Gasteiger charge is -2.22. The third-order valence-corrected chi connectivity index (χ3v) is 2.54. The van der Waals surface area contributed by atoms with Gasteiger partial charge in [0.05, 0.1) is 12.3 Å². The van der Waals surface area contributed by atoms with Gasteiger partial charge < -0.3 is 16.2 Å². The molecule has 0 aliphatic heterocycles. The highest BCUT2D eigenvalue weighted by Gasteiger charge is 2.15. The Morgan fingerprint density at radius 3 is 2.69 bits per heavy atom. The van der Waals surface area contributed by atoms with Gasteiger partial charge in [-0.3, -0.25) is 4.68 Å². The van der Waals surface area contributed by atoms with Gasteiger partial charge in [-0.1, -0.05) is 0 Å². The first-order valence-electron chi connectivity index (χ1n) is 5.65. The molecule has 1 aromatic heterocycles. The van der Waals surface area contributed by atoms with Gasteiger partial charge in [0, 0.05) is 37.4 Å². The van der Waals surface area contributed by atoms with Crippen LogP contribution < -0.4 is 11.1 Å². The van der Waals surface area contributed by atoms with Crippen molar-refractivity contribution in [2.45, 2.75) is 38.5 Å². The number of aliphatic hydroxyl groups excluding tert-OH is 1. The van der Waals surface area contributed by atoms with Crippen molar-refractivity contribution in [3.05, 3.63) is 18.0 Å². The van der Waals surface area contributed by atoms with Gasteiger partial charge in [-0.15, -0.1) is 0 Å². The molecule has 0 radical (unpaired) electrons. The molecule has 0 bridgehead atoms. The molecule has 16 heavy (non-hydrogen) atoms. The van der Waals surface area contributed by atoms with Gasteiger partial charge in [0.2, 0.25) is 0 Å². The third kappa shape index (κ3) is 3.92. The first-order chi connectivity index (χ1) is 7.52. The summed E-state index contributed by atoms with van der Waals surface area (Å²) in [5.74, 6) is 0. The molecule has 5 nitrogen and oxygen atoms in total. The lowest BCUT2D eigenvalue weighted by Crippen LogP contribution is -2.36. The Bertz CT molecular complexity index is 311. The van der Waals surface area contributed by atoms with Crippen LogP contribution in [-0.4, -0.2) is 33.6 Å². The lowest BCUT2D eigenvalue weighted by molar-refractivity contribution is 0.168. The Balaban J connectivity index is 2.55. The molecule has 0 amide bonds. The molecular weight excluding hydrogens is 204 g/mol. The zero-order valence-corrected chi connectivity index (χ0v) is 10.2. The molecule has 0 fully saturated rings. The van der Waals surface area contributed by atoms with Crippen molar-refractivity contribution in [3.63, 3.8) is 0 Å². The van der Waals surface area contributed by atoms with E-state index in [9.17, 15) is 5.11 Å². The number of aliphatic hydroxyl groups is 1. The van der Waals surface area contributed by atoms with Crippen molar-refractivity contribution in [1.29, 1.82) is 0 Å². The number of hydrogen-bond acceptors (Lipinski definition) is 4. The molecule has 1 rings (SSSR count). The molecule has 4 N–H and O–H groups in total. The van der Waals surface area contributed by atoms with Gasteiger partial charge in [0.15, 0.2) is 0 Å². The van der Waals surface area contributed by atoms with E-state index in [-0.39, 0.29) is 18.2 Å². The van der Waals surface area contributed by atoms with E-state index in [2.05, 4.69) is 10.4 Å². The smallest absolute Gasteiger partial charge is 0.0538 e. The fourth-order valence-electron chi connectivity index (χ4n) is 1.84. The topological polar surface area (TPSA) is 76.1 Å². The number of aromatic nitrogens is 2. The van der Waals surface area contributed by atoms with E-state index >= 15 is 0 Å². The van der Waals surface area contributed by atoms with E-state index in [1.165, 1.54) is 0 Å². The minimum absolute atomic E-state index is 0.0995. The Morgan fingerprint density at radius 2 is 2.25 bits per heavy atom. The second kappa shape index (κ2) is 5.98. The minimum Gasteiger partial charge on any atom is -0.393 e. The van der Waals surface area contributed by atoms with Crippen LogP contribution >= 0.6 is 0 Å². The Labute approximate surface area is 96.6 Å². The first-order valence-corrected chi connectivity index (χ1v) is 5.65. The summed E-state index contributed by atoms with van der Waals surface area (Å²) in [6.07, 6.45) is 4.20. The van der Waals surface area contributed by atoms with Gasteiger partial charge in [0.1, 0.15) is 0 Å². The van der Waals surface area contributed by atoms with E-state index in [0.717, 1.165) is 12.0 Å². The maximum absolute atomic E-state index is 9.30. The van der Waals surface area contributed by atoms with Crippen LogP contribution in [0.4, 0.5) is 0 Å². The highest BCUT2D eigenvalue weighted by molar-refractivity contribution is 5.11. The summed E-state index contributed by atoms with van der Waals surface area (Å²) in [6.45, 7) is 4.36. The zero-order chi connectivity index (χ0) is 12.1. The summed E-state index contributed by atoms with van der Waals surface area (Å²) in [4.78, 5) is 0. The van der Waals surface area contributed by atoms with Crippen LogP contribution in [-0.2, 0) is 7.05 Å². The first kappa shape index (κ1) is 13.2. The van der Waals surface area contributed by atoms with Crippen molar-refractivity contribution >= 4 is 0 Å². The van der Waals surface area contributed by atoms with E-state index < -0.39 is 0 Å². The average molecular weight is 226 g/mol. The number of rotatable bonds is 6. The molecule has 0 saturated carbocycles. The second-order valence-electron chi connectivity index (χ2n) is 4.39. The van der Waals surface area contributed by atoms with Gasteiger partial charge in [0.25, 0.3) is 0 Å². The SMILES string of the molecule is CC(O)CC(C)NC(CN)c1cnn(C)c1. The summed E-state index contributed by atoms with van der Waals surface area (Å²) in [5, 5.41) is 16.8. The zero-order valence-electron chi connectivity index (χ0n) is 10.2. The van der Waals surface area contributed by atoms with Crippen molar-refractivity contribution in [1.82, 2.24) is 15.1 Å². The number of hydrogen-bond donors (Lipinski definition) is 3. The predicted molar refractivity (Wildman–Crippen MR) is 63.9 cm³/mol. The summed E-state index contributed by atoms with van der Waals surface area (Å²) in [7, 11) is 1.89. The molecule has 5 heteroatoms. The quantitative estimate of drug-likeness (QED) is 0.646. The van der Waals surface area contributed by atoms with Crippen LogP contribution in [0.2, 0.25) is 0 Å². The van der Waals surface area contributed by atoms with Crippen LogP contribution in [0, 0.1) is 0 Å². The van der Waals surface area contributed by atoms with Gasteiger partial charge in [-0.25, -0.2) is 0 Å². The molecule has 3 unspecified atom stereocenters. The van der Waals surface area contributed by atoms with E-state index in [1.807, 2.05) is 26.4 Å². The highest BCUT2D eigenvalue weighted by Crippen LogP contribution is 2.12. The van der Waals surface area contributed by atoms with Crippen molar-refractivity contribution < 1.29 is 5.11 Å². The molecule has 0 aliphatic carbocycles. The number of nitrogens with one attached hydrogen (secondary N) is 1. The van der Waals surface area contributed by atoms with E-state index in [4.69, 9.17) is 5.73 Å². The fourth-order valence-corrected chi connectivity index (χ4v) is 1.84. The van der Waals surface area contributed by atoms with Crippen LogP contribution in [0.15, 0.2) is 12.4 Å². The summed E-state index contributed by atoms with van der Waals surface area (Å²) >= 11 is 0. The maximum Gasteiger partial charge on any atom is 0.0538 e.